The zero-order valence-electron chi connectivity index (χ0n) is 43.0. The maximum Gasteiger partial charge on any atom is 0.335 e. The van der Waals surface area contributed by atoms with Gasteiger partial charge in [0.15, 0.2) is 24.6 Å². The van der Waals surface area contributed by atoms with E-state index in [1.165, 1.54) is 44.9 Å². The highest BCUT2D eigenvalue weighted by atomic mass is 16.7. The van der Waals surface area contributed by atoms with Crippen molar-refractivity contribution < 1.29 is 58.2 Å². The van der Waals surface area contributed by atoms with Crippen molar-refractivity contribution in [2.75, 3.05) is 13.2 Å². The minimum Gasteiger partial charge on any atom is -0.479 e. The number of aliphatic hydroxyl groups is 2. The minimum atomic E-state index is -1.91. The van der Waals surface area contributed by atoms with Crippen LogP contribution in [0.3, 0.4) is 0 Å². The fourth-order valence-corrected chi connectivity index (χ4v) is 7.69. The van der Waals surface area contributed by atoms with Gasteiger partial charge in [-0.3, -0.25) is 14.4 Å². The smallest absolute Gasteiger partial charge is 0.335 e. The Hall–Kier alpha value is -3.84. The Morgan fingerprint density at radius 2 is 0.913 bits per heavy atom. The summed E-state index contributed by atoms with van der Waals surface area (Å²) < 4.78 is 28.3. The number of hydrogen-bond donors (Lipinski definition) is 3. The maximum atomic E-state index is 13.1. The second-order valence-electron chi connectivity index (χ2n) is 18.1. The number of carbonyl (C=O) groups excluding carboxylic acids is 3. The van der Waals surface area contributed by atoms with E-state index < -0.39 is 67.3 Å². The molecule has 0 aromatic carbocycles. The van der Waals surface area contributed by atoms with Gasteiger partial charge in [0.1, 0.15) is 18.8 Å². The van der Waals surface area contributed by atoms with Crippen LogP contribution in [0.2, 0.25) is 0 Å². The lowest BCUT2D eigenvalue weighted by atomic mass is 9.98. The minimum absolute atomic E-state index is 0.0223. The fourth-order valence-electron chi connectivity index (χ4n) is 7.69. The molecule has 1 heterocycles. The second-order valence-corrected chi connectivity index (χ2v) is 18.1. The van der Waals surface area contributed by atoms with Crippen molar-refractivity contribution in [3.63, 3.8) is 0 Å². The third kappa shape index (κ3) is 35.8. The van der Waals surface area contributed by atoms with Crippen LogP contribution in [0.1, 0.15) is 213 Å². The van der Waals surface area contributed by atoms with Crippen LogP contribution < -0.4 is 0 Å². The van der Waals surface area contributed by atoms with Gasteiger partial charge in [0, 0.05) is 19.3 Å². The number of carboxylic acids is 1. The number of aliphatic hydroxyl groups excluding tert-OH is 2. The monoisotopic (exact) mass is 971 g/mol. The number of rotatable bonds is 44. The van der Waals surface area contributed by atoms with Crippen molar-refractivity contribution in [1.82, 2.24) is 0 Å². The van der Waals surface area contributed by atoms with Crippen LogP contribution in [-0.4, -0.2) is 89.2 Å². The van der Waals surface area contributed by atoms with Gasteiger partial charge in [-0.15, -0.1) is 0 Å². The SMILES string of the molecule is CC/C=C\C/C=C\C/C=C\CCCCCCCC(=O)OCC(COC1OC(C(=O)O)C(O)C(O)C1OC(=O)CCCCC/C=C\C/C=C\C/C=C\CC)OC(=O)CCCCCCCCCCCCC. The van der Waals surface area contributed by atoms with Crippen LogP contribution in [0.25, 0.3) is 0 Å². The first-order valence-electron chi connectivity index (χ1n) is 26.9. The molecule has 12 heteroatoms. The van der Waals surface area contributed by atoms with Crippen molar-refractivity contribution in [2.24, 2.45) is 0 Å². The molecule has 1 saturated heterocycles. The number of ether oxygens (including phenoxy) is 5. The van der Waals surface area contributed by atoms with Crippen LogP contribution in [0.15, 0.2) is 72.9 Å². The molecule has 0 aromatic heterocycles. The first-order chi connectivity index (χ1) is 33.6. The van der Waals surface area contributed by atoms with Gasteiger partial charge in [-0.1, -0.05) is 184 Å². The highest BCUT2D eigenvalue weighted by Crippen LogP contribution is 2.26. The van der Waals surface area contributed by atoms with Crippen LogP contribution in [0.5, 0.6) is 0 Å². The molecule has 0 bridgehead atoms. The van der Waals surface area contributed by atoms with E-state index in [1.54, 1.807) is 0 Å². The molecule has 6 unspecified atom stereocenters. The van der Waals surface area contributed by atoms with Crippen LogP contribution in [-0.2, 0) is 42.9 Å². The number of hydrogen-bond acceptors (Lipinski definition) is 11. The largest absolute Gasteiger partial charge is 0.479 e. The van der Waals surface area contributed by atoms with Crippen LogP contribution >= 0.6 is 0 Å². The van der Waals surface area contributed by atoms with E-state index in [1.807, 2.05) is 0 Å². The Morgan fingerprint density at radius 3 is 1.41 bits per heavy atom. The van der Waals surface area contributed by atoms with E-state index in [4.69, 9.17) is 23.7 Å². The molecule has 1 fully saturated rings. The van der Waals surface area contributed by atoms with Gasteiger partial charge in [0.2, 0.25) is 0 Å². The Balaban J connectivity index is 2.74. The molecule has 1 aliphatic rings. The maximum absolute atomic E-state index is 13.1. The molecule has 0 radical (unpaired) electrons. The Kier molecular flexibility index (Phi) is 41.5. The topological polar surface area (TPSA) is 175 Å². The summed E-state index contributed by atoms with van der Waals surface area (Å²) in [5, 5.41) is 31.3. The van der Waals surface area contributed by atoms with Crippen molar-refractivity contribution in [1.29, 1.82) is 0 Å². The summed E-state index contributed by atoms with van der Waals surface area (Å²) >= 11 is 0. The molecule has 0 spiro atoms. The van der Waals surface area contributed by atoms with Gasteiger partial charge < -0.3 is 39.0 Å². The lowest BCUT2D eigenvalue weighted by Gasteiger charge is -2.40. The lowest BCUT2D eigenvalue weighted by Crippen LogP contribution is -2.61. The van der Waals surface area contributed by atoms with Gasteiger partial charge in [-0.2, -0.15) is 0 Å². The Morgan fingerprint density at radius 1 is 0.493 bits per heavy atom. The third-order valence-electron chi connectivity index (χ3n) is 11.8. The van der Waals surface area contributed by atoms with Crippen molar-refractivity contribution in [3.05, 3.63) is 72.9 Å². The summed E-state index contributed by atoms with van der Waals surface area (Å²) in [4.78, 5) is 50.9. The van der Waals surface area contributed by atoms with E-state index in [2.05, 4.69) is 93.7 Å². The van der Waals surface area contributed by atoms with Crippen LogP contribution in [0, 0.1) is 0 Å². The van der Waals surface area contributed by atoms with Gasteiger partial charge in [0.25, 0.3) is 0 Å². The first-order valence-corrected chi connectivity index (χ1v) is 26.9. The number of esters is 3. The number of carbonyl (C=O) groups is 4. The lowest BCUT2D eigenvalue weighted by molar-refractivity contribution is -0.301. The number of allylic oxidation sites excluding steroid dienone is 12. The zero-order chi connectivity index (χ0) is 50.4. The van der Waals surface area contributed by atoms with E-state index in [9.17, 15) is 34.5 Å². The summed E-state index contributed by atoms with van der Waals surface area (Å²) in [6, 6.07) is 0. The van der Waals surface area contributed by atoms with Gasteiger partial charge >= 0.3 is 23.9 Å². The number of carboxylic acid groups (broad SMARTS) is 1. The van der Waals surface area contributed by atoms with Crippen molar-refractivity contribution >= 4 is 23.9 Å². The normalized spacial score (nSPS) is 19.2. The summed E-state index contributed by atoms with van der Waals surface area (Å²) in [7, 11) is 0. The second kappa shape index (κ2) is 45.3. The summed E-state index contributed by atoms with van der Waals surface area (Å²) in [6.07, 6.45) is 43.2. The highest BCUT2D eigenvalue weighted by Gasteiger charge is 2.50. The molecule has 3 N–H and O–H groups in total. The quantitative estimate of drug-likeness (QED) is 0.0228. The van der Waals surface area contributed by atoms with Gasteiger partial charge in [-0.05, 0) is 83.5 Å². The van der Waals surface area contributed by atoms with E-state index in [0.717, 1.165) is 109 Å². The molecule has 1 rings (SSSR count). The summed E-state index contributed by atoms with van der Waals surface area (Å²) in [5.41, 5.74) is 0. The van der Waals surface area contributed by atoms with E-state index in [0.29, 0.717) is 19.3 Å². The van der Waals surface area contributed by atoms with Crippen molar-refractivity contribution in [2.45, 2.75) is 250 Å². The third-order valence-corrected chi connectivity index (χ3v) is 11.8. The average Bonchev–Trinajstić information content (AvgIpc) is 3.33. The molecular formula is C57H94O12. The Bertz CT molecular complexity index is 1480. The van der Waals surface area contributed by atoms with Gasteiger partial charge in [-0.25, -0.2) is 4.79 Å². The van der Waals surface area contributed by atoms with Crippen molar-refractivity contribution in [3.8, 4) is 0 Å². The standard InChI is InChI=1S/C57H94O12/c1-4-7-10-13-16-19-22-24-25-27-29-31-34-37-40-43-49(58)65-46-48(67-50(59)44-41-38-35-32-28-21-18-15-12-9-6-3)47-66-57-55(53(62)52(61)54(69-57)56(63)64)68-51(60)45-42-39-36-33-30-26-23-20-17-14-11-8-5-2/h7-8,10-11,16-17,19-20,24-26,30,48,52-55,57,61-62H,4-6,9,12-15,18,21-23,27-29,31-47H2,1-3H3,(H,63,64)/b10-7-,11-8-,19-16-,20-17-,25-24-,30-26-. The predicted octanol–water partition coefficient (Wildman–Crippen LogP) is 13.0. The fraction of sp³-hybridized carbons (Fsp3) is 0.719. The molecule has 69 heavy (non-hydrogen) atoms. The molecule has 6 atom stereocenters. The summed E-state index contributed by atoms with van der Waals surface area (Å²) in [6.45, 7) is 5.70. The number of aliphatic carboxylic acids is 1. The zero-order valence-corrected chi connectivity index (χ0v) is 43.0. The van der Waals surface area contributed by atoms with Gasteiger partial charge in [0.05, 0.1) is 6.61 Å². The average molecular weight is 971 g/mol. The molecule has 0 aliphatic carbocycles. The molecule has 0 amide bonds. The molecule has 394 valence electrons. The molecular weight excluding hydrogens is 877 g/mol. The Labute approximate surface area is 417 Å². The molecule has 12 nitrogen and oxygen atoms in total. The predicted molar refractivity (Wildman–Crippen MR) is 275 cm³/mol. The molecule has 0 aromatic rings. The number of unbranched alkanes of at least 4 members (excludes halogenated alkanes) is 18. The molecule has 0 saturated carbocycles. The van der Waals surface area contributed by atoms with Crippen LogP contribution in [0.4, 0.5) is 0 Å². The highest BCUT2D eigenvalue weighted by molar-refractivity contribution is 5.74. The van der Waals surface area contributed by atoms with E-state index in [-0.39, 0.29) is 25.9 Å². The molecule has 1 aliphatic heterocycles. The first kappa shape index (κ1) is 63.2. The van der Waals surface area contributed by atoms with E-state index >= 15 is 0 Å². The summed E-state index contributed by atoms with van der Waals surface area (Å²) in [5.74, 6) is -3.18.